The average molecular weight is 268 g/mol. The Hall–Kier alpha value is -2.02. The maximum Gasteiger partial charge on any atom is 0.317 e. The van der Waals surface area contributed by atoms with Crippen molar-refractivity contribution in [3.8, 4) is 0 Å². The molecule has 1 aliphatic rings. The first-order valence-corrected chi connectivity index (χ1v) is 6.03. The minimum Gasteiger partial charge on any atom is -0.481 e. The smallest absolute Gasteiger partial charge is 0.317 e. The van der Waals surface area contributed by atoms with E-state index in [9.17, 15) is 9.59 Å². The Morgan fingerprint density at radius 2 is 2.37 bits per heavy atom. The van der Waals surface area contributed by atoms with Gasteiger partial charge in [0.05, 0.1) is 31.9 Å². The van der Waals surface area contributed by atoms with Gasteiger partial charge < -0.3 is 24.5 Å². The molecule has 2 amide bonds. The molecule has 2 N–H and O–H groups in total. The van der Waals surface area contributed by atoms with Crippen LogP contribution in [0.4, 0.5) is 4.79 Å². The van der Waals surface area contributed by atoms with Crippen molar-refractivity contribution in [2.24, 2.45) is 0 Å². The van der Waals surface area contributed by atoms with Gasteiger partial charge in [0.2, 0.25) is 0 Å². The molecule has 1 unspecified atom stereocenters. The number of furan rings is 1. The van der Waals surface area contributed by atoms with Crippen molar-refractivity contribution in [3.05, 3.63) is 24.2 Å². The second-order valence-corrected chi connectivity index (χ2v) is 4.27. The van der Waals surface area contributed by atoms with Crippen molar-refractivity contribution in [1.82, 2.24) is 10.2 Å². The molecular formula is C12H16N2O5. The molecule has 0 aromatic carbocycles. The van der Waals surface area contributed by atoms with E-state index in [4.69, 9.17) is 14.3 Å². The highest BCUT2D eigenvalue weighted by molar-refractivity contribution is 5.74. The number of rotatable bonds is 4. The van der Waals surface area contributed by atoms with Crippen molar-refractivity contribution in [2.75, 3.05) is 19.7 Å². The fraction of sp³-hybridized carbons (Fsp3) is 0.500. The van der Waals surface area contributed by atoms with E-state index in [2.05, 4.69) is 5.32 Å². The summed E-state index contributed by atoms with van der Waals surface area (Å²) >= 11 is 0. The zero-order valence-corrected chi connectivity index (χ0v) is 10.4. The number of ether oxygens (including phenoxy) is 1. The lowest BCUT2D eigenvalue weighted by molar-refractivity contribution is -0.141. The van der Waals surface area contributed by atoms with Crippen LogP contribution in [0, 0.1) is 0 Å². The number of carboxylic acid groups (broad SMARTS) is 1. The second-order valence-electron chi connectivity index (χ2n) is 4.27. The van der Waals surface area contributed by atoms with Gasteiger partial charge in [-0.1, -0.05) is 0 Å². The van der Waals surface area contributed by atoms with E-state index in [0.717, 1.165) is 0 Å². The molecule has 2 rings (SSSR count). The van der Waals surface area contributed by atoms with E-state index < -0.39 is 12.1 Å². The molecule has 0 saturated carbocycles. The quantitative estimate of drug-likeness (QED) is 0.837. The number of carbonyl (C=O) groups is 2. The van der Waals surface area contributed by atoms with Gasteiger partial charge in [-0.3, -0.25) is 4.79 Å². The maximum atomic E-state index is 11.9. The van der Waals surface area contributed by atoms with Crippen LogP contribution in [-0.2, 0) is 16.1 Å². The van der Waals surface area contributed by atoms with Crippen LogP contribution in [0.15, 0.2) is 22.8 Å². The molecule has 1 saturated heterocycles. The van der Waals surface area contributed by atoms with Crippen molar-refractivity contribution in [1.29, 1.82) is 0 Å². The van der Waals surface area contributed by atoms with Crippen LogP contribution in [0.5, 0.6) is 0 Å². The molecule has 1 aromatic heterocycles. The zero-order valence-electron chi connectivity index (χ0n) is 10.4. The van der Waals surface area contributed by atoms with E-state index >= 15 is 0 Å². The predicted octanol–water partition coefficient (Wildman–Crippen LogP) is 0.665. The fourth-order valence-electron chi connectivity index (χ4n) is 1.91. The van der Waals surface area contributed by atoms with Gasteiger partial charge in [0.25, 0.3) is 0 Å². The Kier molecular flexibility index (Phi) is 4.40. The van der Waals surface area contributed by atoms with E-state index in [-0.39, 0.29) is 19.0 Å². The molecule has 0 bridgehead atoms. The summed E-state index contributed by atoms with van der Waals surface area (Å²) in [5.74, 6) is -0.258. The summed E-state index contributed by atoms with van der Waals surface area (Å²) in [5.41, 5.74) is 0. The standard InChI is InChI=1S/C12H16N2O5/c15-11(16)6-10-8-14(3-5-19-10)12(17)13-7-9-2-1-4-18-9/h1-2,4,10H,3,5-8H2,(H,13,17)(H,15,16). The van der Waals surface area contributed by atoms with Crippen LogP contribution in [-0.4, -0.2) is 47.8 Å². The zero-order chi connectivity index (χ0) is 13.7. The number of carbonyl (C=O) groups excluding carboxylic acids is 1. The highest BCUT2D eigenvalue weighted by Crippen LogP contribution is 2.09. The van der Waals surface area contributed by atoms with Gasteiger partial charge in [-0.15, -0.1) is 0 Å². The largest absolute Gasteiger partial charge is 0.481 e. The number of hydrogen-bond donors (Lipinski definition) is 2. The third-order valence-corrected chi connectivity index (χ3v) is 2.82. The highest BCUT2D eigenvalue weighted by atomic mass is 16.5. The number of morpholine rings is 1. The van der Waals surface area contributed by atoms with Gasteiger partial charge in [-0.05, 0) is 12.1 Å². The Labute approximate surface area is 110 Å². The third kappa shape index (κ3) is 3.99. The first kappa shape index (κ1) is 13.4. The summed E-state index contributed by atoms with van der Waals surface area (Å²) in [4.78, 5) is 24.1. The minimum atomic E-state index is -0.928. The maximum absolute atomic E-state index is 11.9. The average Bonchev–Trinajstić information content (AvgIpc) is 2.88. The Morgan fingerprint density at radius 1 is 1.53 bits per heavy atom. The van der Waals surface area contributed by atoms with Gasteiger partial charge in [-0.2, -0.15) is 0 Å². The number of aliphatic carboxylic acids is 1. The van der Waals surface area contributed by atoms with E-state index in [1.54, 1.807) is 23.3 Å². The number of carboxylic acids is 1. The minimum absolute atomic E-state index is 0.0953. The fourth-order valence-corrected chi connectivity index (χ4v) is 1.91. The summed E-state index contributed by atoms with van der Waals surface area (Å²) in [5, 5.41) is 11.4. The number of nitrogens with one attached hydrogen (secondary N) is 1. The van der Waals surface area contributed by atoms with Crippen molar-refractivity contribution in [2.45, 2.75) is 19.1 Å². The molecule has 0 aliphatic carbocycles. The van der Waals surface area contributed by atoms with Crippen LogP contribution in [0.2, 0.25) is 0 Å². The number of urea groups is 1. The van der Waals surface area contributed by atoms with Gasteiger partial charge in [0.15, 0.2) is 0 Å². The normalized spacial score (nSPS) is 19.2. The van der Waals surface area contributed by atoms with Crippen LogP contribution in [0.3, 0.4) is 0 Å². The molecule has 1 aliphatic heterocycles. The number of hydrogen-bond acceptors (Lipinski definition) is 4. The summed E-state index contributed by atoms with van der Waals surface area (Å²) < 4.78 is 10.4. The van der Waals surface area contributed by atoms with Gasteiger partial charge in [0.1, 0.15) is 5.76 Å². The summed E-state index contributed by atoms with van der Waals surface area (Å²) in [6, 6.07) is 3.28. The SMILES string of the molecule is O=C(O)CC1CN(C(=O)NCc2ccco2)CCO1. The lowest BCUT2D eigenvalue weighted by Crippen LogP contribution is -2.49. The second kappa shape index (κ2) is 6.24. The van der Waals surface area contributed by atoms with Crippen molar-refractivity contribution in [3.63, 3.8) is 0 Å². The molecule has 1 fully saturated rings. The topological polar surface area (TPSA) is 92.0 Å². The predicted molar refractivity (Wildman–Crippen MR) is 64.5 cm³/mol. The number of nitrogens with zero attached hydrogens (tertiary/aromatic N) is 1. The Balaban J connectivity index is 1.79. The van der Waals surface area contributed by atoms with Gasteiger partial charge in [0, 0.05) is 13.1 Å². The molecule has 7 nitrogen and oxygen atoms in total. The van der Waals surface area contributed by atoms with Crippen molar-refractivity contribution < 1.29 is 23.8 Å². The Bertz CT molecular complexity index is 431. The van der Waals surface area contributed by atoms with E-state index in [1.807, 2.05) is 0 Å². The molecule has 2 heterocycles. The third-order valence-electron chi connectivity index (χ3n) is 2.82. The van der Waals surface area contributed by atoms with Crippen LogP contribution < -0.4 is 5.32 Å². The van der Waals surface area contributed by atoms with Crippen molar-refractivity contribution >= 4 is 12.0 Å². The van der Waals surface area contributed by atoms with E-state index in [1.165, 1.54) is 0 Å². The first-order chi connectivity index (χ1) is 9.15. The van der Waals surface area contributed by atoms with Crippen LogP contribution in [0.1, 0.15) is 12.2 Å². The molecule has 0 spiro atoms. The van der Waals surface area contributed by atoms with Crippen LogP contribution >= 0.6 is 0 Å². The summed E-state index contributed by atoms with van der Waals surface area (Å²) in [6.45, 7) is 1.41. The molecular weight excluding hydrogens is 252 g/mol. The van der Waals surface area contributed by atoms with Gasteiger partial charge >= 0.3 is 12.0 Å². The van der Waals surface area contributed by atoms with Crippen LogP contribution in [0.25, 0.3) is 0 Å². The number of amides is 2. The lowest BCUT2D eigenvalue weighted by atomic mass is 10.2. The monoisotopic (exact) mass is 268 g/mol. The molecule has 1 atom stereocenters. The first-order valence-electron chi connectivity index (χ1n) is 6.03. The summed E-state index contributed by atoms with van der Waals surface area (Å²) in [6.07, 6.45) is 1.00. The molecule has 19 heavy (non-hydrogen) atoms. The van der Waals surface area contributed by atoms with Gasteiger partial charge in [-0.25, -0.2) is 4.79 Å². The molecule has 104 valence electrons. The molecule has 7 heteroatoms. The molecule has 0 radical (unpaired) electrons. The highest BCUT2D eigenvalue weighted by Gasteiger charge is 2.25. The van der Waals surface area contributed by atoms with E-state index in [0.29, 0.717) is 25.5 Å². The summed E-state index contributed by atoms with van der Waals surface area (Å²) in [7, 11) is 0. The lowest BCUT2D eigenvalue weighted by Gasteiger charge is -2.32. The molecule has 1 aromatic rings. The Morgan fingerprint density at radius 3 is 3.05 bits per heavy atom.